The summed E-state index contributed by atoms with van der Waals surface area (Å²) in [6.07, 6.45) is 1.59. The summed E-state index contributed by atoms with van der Waals surface area (Å²) in [5.74, 6) is 0.365. The summed E-state index contributed by atoms with van der Waals surface area (Å²) in [7, 11) is 1.56. The van der Waals surface area contributed by atoms with Crippen LogP contribution in [0.2, 0.25) is 0 Å². The van der Waals surface area contributed by atoms with Gasteiger partial charge in [-0.15, -0.1) is 0 Å². The van der Waals surface area contributed by atoms with Crippen LogP contribution in [0.5, 0.6) is 11.5 Å². The van der Waals surface area contributed by atoms with Crippen molar-refractivity contribution in [2.75, 3.05) is 20.2 Å². The lowest BCUT2D eigenvalue weighted by Gasteiger charge is -2.35. The lowest BCUT2D eigenvalue weighted by atomic mass is 10.1. The number of carbonyl (C=O) groups is 2. The number of ether oxygens (including phenoxy) is 2. The maximum atomic E-state index is 12.9. The molecule has 0 N–H and O–H groups in total. The van der Waals surface area contributed by atoms with Crippen molar-refractivity contribution in [1.82, 2.24) is 9.80 Å². The second-order valence-corrected chi connectivity index (χ2v) is 8.28. The topological polar surface area (TPSA) is 59.1 Å². The van der Waals surface area contributed by atoms with Crippen molar-refractivity contribution in [1.29, 1.82) is 0 Å². The number of methoxy groups -OCH3 is 1. The average Bonchev–Trinajstić information content (AvgIpc) is 2.77. The van der Waals surface area contributed by atoms with Gasteiger partial charge in [0.25, 0.3) is 11.8 Å². The van der Waals surface area contributed by atoms with Crippen LogP contribution in [-0.2, 0) is 16.2 Å². The summed E-state index contributed by atoms with van der Waals surface area (Å²) < 4.78 is 12.3. The third-order valence-electron chi connectivity index (χ3n) is 4.83. The minimum atomic E-state index is -0.388. The molecule has 2 amide bonds. The molecule has 0 radical (unpaired) electrons. The van der Waals surface area contributed by atoms with E-state index in [1.165, 1.54) is 9.80 Å². The molecule has 31 heavy (non-hydrogen) atoms. The van der Waals surface area contributed by atoms with Crippen LogP contribution >= 0.6 is 34.8 Å². The number of hydrogen-bond donors (Lipinski definition) is 0. The van der Waals surface area contributed by atoms with Crippen molar-refractivity contribution in [2.24, 2.45) is 0 Å². The summed E-state index contributed by atoms with van der Waals surface area (Å²) >= 11 is 7.47. The fourth-order valence-corrected chi connectivity index (χ4v) is 4.45. The van der Waals surface area contributed by atoms with Gasteiger partial charge >= 0.3 is 0 Å². The van der Waals surface area contributed by atoms with E-state index in [0.717, 1.165) is 9.13 Å². The molecule has 162 valence electrons. The molecule has 0 atom stereocenters. The fourth-order valence-electron chi connectivity index (χ4n) is 3.24. The molecule has 1 heterocycles. The highest BCUT2D eigenvalue weighted by Gasteiger charge is 2.37. The van der Waals surface area contributed by atoms with Crippen molar-refractivity contribution in [3.63, 3.8) is 0 Å². The van der Waals surface area contributed by atoms with Gasteiger partial charge in [0.15, 0.2) is 16.6 Å². The molecule has 0 spiro atoms. The van der Waals surface area contributed by atoms with Crippen LogP contribution in [-0.4, -0.2) is 46.9 Å². The summed E-state index contributed by atoms with van der Waals surface area (Å²) in [4.78, 5) is 28.6. The average molecular weight is 550 g/mol. The number of thiocarbonyl (C=S) groups is 1. The van der Waals surface area contributed by atoms with Gasteiger partial charge < -0.3 is 9.47 Å². The van der Waals surface area contributed by atoms with Crippen molar-refractivity contribution in [2.45, 2.75) is 20.5 Å². The normalized spacial score (nSPS) is 14.2. The SMILES string of the molecule is CCN1C(=O)C(=Cc2cc(I)c(OCc3ccccc3)c(OC)c2)C(=O)N(CC)C1=S. The highest BCUT2D eigenvalue weighted by Crippen LogP contribution is 2.35. The zero-order chi connectivity index (χ0) is 22.5. The van der Waals surface area contributed by atoms with E-state index in [1.54, 1.807) is 19.3 Å². The van der Waals surface area contributed by atoms with E-state index in [2.05, 4.69) is 22.6 Å². The fraction of sp³-hybridized carbons (Fsp3) is 0.261. The summed E-state index contributed by atoms with van der Waals surface area (Å²) in [6.45, 7) is 4.85. The molecule has 0 aliphatic carbocycles. The van der Waals surface area contributed by atoms with Crippen molar-refractivity contribution in [3.05, 3.63) is 62.7 Å². The van der Waals surface area contributed by atoms with Gasteiger partial charge in [-0.1, -0.05) is 30.3 Å². The number of carbonyl (C=O) groups excluding carboxylic acids is 2. The molecule has 0 saturated carbocycles. The van der Waals surface area contributed by atoms with Crippen LogP contribution < -0.4 is 9.47 Å². The summed E-state index contributed by atoms with van der Waals surface area (Å²) in [6, 6.07) is 13.5. The third-order valence-corrected chi connectivity index (χ3v) is 6.08. The monoisotopic (exact) mass is 550 g/mol. The first kappa shape index (κ1) is 23.2. The first-order chi connectivity index (χ1) is 14.9. The van der Waals surface area contributed by atoms with E-state index in [-0.39, 0.29) is 22.5 Å². The molecule has 0 unspecified atom stereocenters. The van der Waals surface area contributed by atoms with Crippen LogP contribution in [0.4, 0.5) is 0 Å². The number of benzene rings is 2. The molecule has 1 aliphatic rings. The number of rotatable bonds is 7. The maximum absolute atomic E-state index is 12.9. The van der Waals surface area contributed by atoms with E-state index in [9.17, 15) is 9.59 Å². The minimum absolute atomic E-state index is 0.0770. The lowest BCUT2D eigenvalue weighted by Crippen LogP contribution is -2.55. The van der Waals surface area contributed by atoms with Gasteiger partial charge in [-0.3, -0.25) is 19.4 Å². The Bertz CT molecular complexity index is 1010. The highest BCUT2D eigenvalue weighted by molar-refractivity contribution is 14.1. The van der Waals surface area contributed by atoms with Crippen molar-refractivity contribution < 1.29 is 19.1 Å². The zero-order valence-electron chi connectivity index (χ0n) is 17.6. The predicted octanol–water partition coefficient (Wildman–Crippen LogP) is 4.26. The Morgan fingerprint density at radius 2 is 1.65 bits per heavy atom. The quantitative estimate of drug-likeness (QED) is 0.223. The number of likely N-dealkylation sites (N-methyl/N-ethyl adjacent to an activating group) is 2. The molecule has 6 nitrogen and oxygen atoms in total. The summed E-state index contributed by atoms with van der Waals surface area (Å²) in [5, 5.41) is 0.244. The van der Waals surface area contributed by atoms with Gasteiger partial charge in [-0.05, 0) is 78.0 Å². The van der Waals surface area contributed by atoms with Crippen LogP contribution in [0.1, 0.15) is 25.0 Å². The van der Waals surface area contributed by atoms with Crippen LogP contribution in [0, 0.1) is 3.57 Å². The molecule has 8 heteroatoms. The molecule has 0 aromatic heterocycles. The smallest absolute Gasteiger partial charge is 0.265 e. The van der Waals surface area contributed by atoms with Crippen molar-refractivity contribution in [3.8, 4) is 11.5 Å². The van der Waals surface area contributed by atoms with Gasteiger partial charge in [0.2, 0.25) is 0 Å². The molecule has 1 saturated heterocycles. The van der Waals surface area contributed by atoms with E-state index < -0.39 is 0 Å². The van der Waals surface area contributed by atoms with E-state index in [1.807, 2.05) is 50.2 Å². The van der Waals surface area contributed by atoms with Crippen LogP contribution in [0.15, 0.2) is 48.0 Å². The Hall–Kier alpha value is -2.46. The van der Waals surface area contributed by atoms with Crippen molar-refractivity contribution >= 4 is 57.8 Å². The highest BCUT2D eigenvalue weighted by atomic mass is 127. The van der Waals surface area contributed by atoms with Crippen LogP contribution in [0.3, 0.4) is 0 Å². The first-order valence-electron chi connectivity index (χ1n) is 9.84. The third kappa shape index (κ3) is 4.90. The number of hydrogen-bond acceptors (Lipinski definition) is 5. The first-order valence-corrected chi connectivity index (χ1v) is 11.3. The van der Waals surface area contributed by atoms with Gasteiger partial charge in [-0.2, -0.15) is 0 Å². The molecular formula is C23H23IN2O4S. The number of nitrogens with zero attached hydrogens (tertiary/aromatic N) is 2. The largest absolute Gasteiger partial charge is 0.493 e. The van der Waals surface area contributed by atoms with Crippen LogP contribution in [0.25, 0.3) is 6.08 Å². The van der Waals surface area contributed by atoms with E-state index in [0.29, 0.717) is 36.8 Å². The van der Waals surface area contributed by atoms with E-state index >= 15 is 0 Å². The molecule has 3 rings (SSSR count). The molecule has 2 aromatic carbocycles. The Morgan fingerprint density at radius 1 is 1.03 bits per heavy atom. The second kappa shape index (κ2) is 10.2. The number of amides is 2. The molecule has 2 aromatic rings. The zero-order valence-corrected chi connectivity index (χ0v) is 20.5. The molecule has 1 fully saturated rings. The lowest BCUT2D eigenvalue weighted by molar-refractivity contribution is -0.133. The molecule has 1 aliphatic heterocycles. The molecule has 0 bridgehead atoms. The van der Waals surface area contributed by atoms with Gasteiger partial charge in [0.05, 0.1) is 10.7 Å². The van der Waals surface area contributed by atoms with E-state index in [4.69, 9.17) is 21.7 Å². The Labute approximate surface area is 200 Å². The predicted molar refractivity (Wildman–Crippen MR) is 132 cm³/mol. The Morgan fingerprint density at radius 3 is 2.19 bits per heavy atom. The molecular weight excluding hydrogens is 527 g/mol. The standard InChI is InChI=1S/C23H23IN2O4S/c1-4-25-21(27)17(22(28)26(5-2)23(25)31)11-16-12-18(24)20(19(13-16)29-3)30-14-15-9-7-6-8-10-15/h6-13H,4-5,14H2,1-3H3. The van der Waals surface area contributed by atoms with Gasteiger partial charge in [0, 0.05) is 13.1 Å². The Kier molecular flexibility index (Phi) is 7.66. The Balaban J connectivity index is 1.94. The van der Waals surface area contributed by atoms with Gasteiger partial charge in [0.1, 0.15) is 12.2 Å². The number of halogens is 1. The summed E-state index contributed by atoms with van der Waals surface area (Å²) in [5.41, 5.74) is 1.79. The second-order valence-electron chi connectivity index (χ2n) is 6.75. The van der Waals surface area contributed by atoms with Gasteiger partial charge in [-0.25, -0.2) is 0 Å². The maximum Gasteiger partial charge on any atom is 0.265 e. The minimum Gasteiger partial charge on any atom is -0.493 e.